The first-order valence-electron chi connectivity index (χ1n) is 6.12. The standard InChI is InChI=1S/C15H10BrClN2O2S/c16-13-7-12(22-9-18)4-5-14(13)19-15(20)8-21-11-3-1-2-10(17)6-11/h1-7H,8H2,(H,19,20). The minimum absolute atomic E-state index is 0.124. The summed E-state index contributed by atoms with van der Waals surface area (Å²) in [5, 5.41) is 13.9. The van der Waals surface area contributed by atoms with Crippen molar-refractivity contribution in [2.45, 2.75) is 4.90 Å². The zero-order valence-electron chi connectivity index (χ0n) is 11.2. The first-order chi connectivity index (χ1) is 10.6. The number of thioether (sulfide) groups is 1. The Hall–Kier alpha value is -1.68. The molecular weight excluding hydrogens is 388 g/mol. The molecule has 22 heavy (non-hydrogen) atoms. The molecular formula is C15H10BrClN2O2S. The van der Waals surface area contributed by atoms with Crippen molar-refractivity contribution in [2.24, 2.45) is 0 Å². The number of carbonyl (C=O) groups excluding carboxylic acids is 1. The fraction of sp³-hybridized carbons (Fsp3) is 0.0667. The van der Waals surface area contributed by atoms with Gasteiger partial charge in [0.15, 0.2) is 6.61 Å². The maximum atomic E-state index is 11.9. The lowest BCUT2D eigenvalue weighted by molar-refractivity contribution is -0.118. The van der Waals surface area contributed by atoms with Crippen LogP contribution in [-0.4, -0.2) is 12.5 Å². The van der Waals surface area contributed by atoms with Crippen LogP contribution in [0.4, 0.5) is 5.69 Å². The summed E-state index contributed by atoms with van der Waals surface area (Å²) in [5.74, 6) is 0.240. The second-order valence-electron chi connectivity index (χ2n) is 4.13. The Morgan fingerprint density at radius 2 is 2.18 bits per heavy atom. The van der Waals surface area contributed by atoms with Gasteiger partial charge in [-0.15, -0.1) is 0 Å². The van der Waals surface area contributed by atoms with E-state index in [4.69, 9.17) is 21.6 Å². The lowest BCUT2D eigenvalue weighted by Gasteiger charge is -2.09. The Morgan fingerprint density at radius 1 is 1.36 bits per heavy atom. The molecule has 0 atom stereocenters. The van der Waals surface area contributed by atoms with E-state index in [1.807, 2.05) is 5.40 Å². The summed E-state index contributed by atoms with van der Waals surface area (Å²) in [7, 11) is 0. The van der Waals surface area contributed by atoms with Crippen LogP contribution in [0.2, 0.25) is 5.02 Å². The number of hydrogen-bond donors (Lipinski definition) is 1. The number of ether oxygens (including phenoxy) is 1. The molecule has 0 saturated carbocycles. The van der Waals surface area contributed by atoms with Gasteiger partial charge in [0.25, 0.3) is 5.91 Å². The van der Waals surface area contributed by atoms with Crippen molar-refractivity contribution in [2.75, 3.05) is 11.9 Å². The number of nitriles is 1. The van der Waals surface area contributed by atoms with Gasteiger partial charge in [0.05, 0.1) is 5.69 Å². The van der Waals surface area contributed by atoms with E-state index in [0.717, 1.165) is 16.7 Å². The predicted octanol–water partition coefficient (Wildman–Crippen LogP) is 4.69. The fourth-order valence-corrected chi connectivity index (χ4v) is 2.83. The van der Waals surface area contributed by atoms with Crippen LogP contribution in [-0.2, 0) is 4.79 Å². The molecule has 2 aromatic rings. The van der Waals surface area contributed by atoms with Gasteiger partial charge in [-0.25, -0.2) is 0 Å². The number of nitrogens with one attached hydrogen (secondary N) is 1. The number of hydrogen-bond acceptors (Lipinski definition) is 4. The number of nitrogens with zero attached hydrogens (tertiary/aromatic N) is 1. The maximum absolute atomic E-state index is 11.9. The van der Waals surface area contributed by atoms with Crippen molar-refractivity contribution in [3.8, 4) is 11.2 Å². The molecule has 0 spiro atoms. The van der Waals surface area contributed by atoms with Gasteiger partial charge in [-0.2, -0.15) is 5.26 Å². The summed E-state index contributed by atoms with van der Waals surface area (Å²) < 4.78 is 6.06. The molecule has 0 fully saturated rings. The normalized spacial score (nSPS) is 9.86. The van der Waals surface area contributed by atoms with Gasteiger partial charge in [-0.1, -0.05) is 17.7 Å². The molecule has 112 valence electrons. The number of thiocyanates is 1. The van der Waals surface area contributed by atoms with E-state index in [0.29, 0.717) is 20.9 Å². The molecule has 1 amide bonds. The van der Waals surface area contributed by atoms with Crippen molar-refractivity contribution < 1.29 is 9.53 Å². The third-order valence-corrected chi connectivity index (χ3v) is 4.02. The number of anilines is 1. The molecule has 0 bridgehead atoms. The maximum Gasteiger partial charge on any atom is 0.262 e. The molecule has 0 radical (unpaired) electrons. The average Bonchev–Trinajstić information content (AvgIpc) is 2.48. The minimum Gasteiger partial charge on any atom is -0.484 e. The third kappa shape index (κ3) is 4.95. The molecule has 2 aromatic carbocycles. The predicted molar refractivity (Wildman–Crippen MR) is 91.2 cm³/mol. The highest BCUT2D eigenvalue weighted by Gasteiger charge is 2.08. The number of carbonyl (C=O) groups is 1. The van der Waals surface area contributed by atoms with Crippen molar-refractivity contribution in [3.05, 3.63) is 52.0 Å². The summed E-state index contributed by atoms with van der Waals surface area (Å²) in [6.45, 7) is -0.124. The molecule has 7 heteroatoms. The second kappa shape index (κ2) is 8.08. The van der Waals surface area contributed by atoms with Crippen LogP contribution in [0.5, 0.6) is 5.75 Å². The van der Waals surface area contributed by atoms with Crippen molar-refractivity contribution in [3.63, 3.8) is 0 Å². The molecule has 0 heterocycles. The number of halogens is 2. The lowest BCUT2D eigenvalue weighted by atomic mass is 10.3. The van der Waals surface area contributed by atoms with E-state index < -0.39 is 0 Å². The zero-order valence-corrected chi connectivity index (χ0v) is 14.3. The molecule has 0 aliphatic carbocycles. The fourth-order valence-electron chi connectivity index (χ4n) is 1.61. The highest BCUT2D eigenvalue weighted by molar-refractivity contribution is 9.10. The Morgan fingerprint density at radius 3 is 2.86 bits per heavy atom. The molecule has 0 saturated heterocycles. The first kappa shape index (κ1) is 16.7. The van der Waals surface area contributed by atoms with Gasteiger partial charge in [-0.3, -0.25) is 4.79 Å². The lowest BCUT2D eigenvalue weighted by Crippen LogP contribution is -2.20. The largest absolute Gasteiger partial charge is 0.484 e. The van der Waals surface area contributed by atoms with E-state index in [9.17, 15) is 4.79 Å². The van der Waals surface area contributed by atoms with E-state index in [2.05, 4.69) is 21.2 Å². The van der Waals surface area contributed by atoms with Gasteiger partial charge in [0.1, 0.15) is 11.2 Å². The molecule has 0 aromatic heterocycles. The monoisotopic (exact) mass is 396 g/mol. The van der Waals surface area contributed by atoms with Crippen LogP contribution in [0.15, 0.2) is 51.8 Å². The molecule has 0 aliphatic rings. The Labute approximate surface area is 145 Å². The number of amides is 1. The minimum atomic E-state index is -0.290. The summed E-state index contributed by atoms with van der Waals surface area (Å²) >= 11 is 10.2. The van der Waals surface area contributed by atoms with Gasteiger partial charge in [0, 0.05) is 14.4 Å². The molecule has 1 N–H and O–H groups in total. The highest BCUT2D eigenvalue weighted by Crippen LogP contribution is 2.28. The Balaban J connectivity index is 1.93. The molecule has 0 aliphatic heterocycles. The van der Waals surface area contributed by atoms with Crippen LogP contribution in [0.3, 0.4) is 0 Å². The van der Waals surface area contributed by atoms with Crippen LogP contribution in [0, 0.1) is 10.7 Å². The van der Waals surface area contributed by atoms with Crippen molar-refractivity contribution in [1.29, 1.82) is 5.26 Å². The van der Waals surface area contributed by atoms with E-state index in [1.54, 1.807) is 42.5 Å². The summed E-state index contributed by atoms with van der Waals surface area (Å²) in [6.07, 6.45) is 0. The Kier molecular flexibility index (Phi) is 6.13. The van der Waals surface area contributed by atoms with E-state index in [-0.39, 0.29) is 12.5 Å². The average molecular weight is 398 g/mol. The van der Waals surface area contributed by atoms with Gasteiger partial charge >= 0.3 is 0 Å². The molecule has 0 unspecified atom stereocenters. The van der Waals surface area contributed by atoms with Gasteiger partial charge in [0.2, 0.25) is 0 Å². The SMILES string of the molecule is N#CSc1ccc(NC(=O)COc2cccc(Cl)c2)c(Br)c1. The van der Waals surface area contributed by atoms with Gasteiger partial charge in [-0.05, 0) is 64.1 Å². The van der Waals surface area contributed by atoms with E-state index >= 15 is 0 Å². The van der Waals surface area contributed by atoms with Crippen LogP contribution >= 0.6 is 39.3 Å². The number of rotatable bonds is 5. The third-order valence-electron chi connectivity index (χ3n) is 2.54. The number of benzene rings is 2. The molecule has 4 nitrogen and oxygen atoms in total. The summed E-state index contributed by atoms with van der Waals surface area (Å²) in [6, 6.07) is 12.1. The van der Waals surface area contributed by atoms with Crippen molar-refractivity contribution >= 4 is 50.9 Å². The Bertz CT molecular complexity index is 734. The van der Waals surface area contributed by atoms with Crippen LogP contribution < -0.4 is 10.1 Å². The van der Waals surface area contributed by atoms with Crippen LogP contribution in [0.25, 0.3) is 0 Å². The molecule has 2 rings (SSSR count). The van der Waals surface area contributed by atoms with Gasteiger partial charge < -0.3 is 10.1 Å². The second-order valence-corrected chi connectivity index (χ2v) is 6.28. The summed E-state index contributed by atoms with van der Waals surface area (Å²) in [4.78, 5) is 12.7. The van der Waals surface area contributed by atoms with Crippen LogP contribution in [0.1, 0.15) is 0 Å². The van der Waals surface area contributed by atoms with E-state index in [1.165, 1.54) is 0 Å². The highest BCUT2D eigenvalue weighted by atomic mass is 79.9. The first-order valence-corrected chi connectivity index (χ1v) is 8.11. The summed E-state index contributed by atoms with van der Waals surface area (Å²) in [5.41, 5.74) is 0.613. The topological polar surface area (TPSA) is 62.1 Å². The smallest absolute Gasteiger partial charge is 0.262 e. The zero-order chi connectivity index (χ0) is 15.9. The van der Waals surface area contributed by atoms with Crippen molar-refractivity contribution in [1.82, 2.24) is 0 Å². The quantitative estimate of drug-likeness (QED) is 0.587.